The van der Waals surface area contributed by atoms with E-state index < -0.39 is 5.97 Å². The van der Waals surface area contributed by atoms with Gasteiger partial charge in [-0.1, -0.05) is 60.7 Å². The Balaban J connectivity index is 0.000000343. The van der Waals surface area contributed by atoms with E-state index in [-0.39, 0.29) is 18.6 Å². The summed E-state index contributed by atoms with van der Waals surface area (Å²) in [5.41, 5.74) is 4.71. The van der Waals surface area contributed by atoms with Crippen molar-refractivity contribution in [2.75, 3.05) is 27.2 Å². The van der Waals surface area contributed by atoms with Crippen LogP contribution in [-0.2, 0) is 22.6 Å². The lowest BCUT2D eigenvalue weighted by molar-refractivity contribution is -0.142. The van der Waals surface area contributed by atoms with Crippen molar-refractivity contribution in [1.29, 1.82) is 0 Å². The summed E-state index contributed by atoms with van der Waals surface area (Å²) in [7, 11) is 3.04. The van der Waals surface area contributed by atoms with E-state index in [1.165, 1.54) is 12.1 Å². The number of carbonyl (C=O) groups excluding carboxylic acids is 3. The van der Waals surface area contributed by atoms with Gasteiger partial charge >= 0.3 is 18.0 Å². The quantitative estimate of drug-likeness (QED) is 0.212. The van der Waals surface area contributed by atoms with Crippen molar-refractivity contribution < 1.29 is 19.1 Å². The molecule has 0 aromatic heterocycles. The zero-order valence-electron chi connectivity index (χ0n) is 18.7. The molecule has 0 saturated carbocycles. The fourth-order valence-electron chi connectivity index (χ4n) is 2.26. The van der Waals surface area contributed by atoms with Crippen LogP contribution in [0.25, 0.3) is 0 Å². The Kier molecular flexibility index (Phi) is 12.6. The third kappa shape index (κ3) is 11.5. The first-order valence-electron chi connectivity index (χ1n) is 10.1. The highest BCUT2D eigenvalue weighted by Crippen LogP contribution is 1.98. The highest BCUT2D eigenvalue weighted by molar-refractivity contribution is 5.75. The highest BCUT2D eigenvalue weighted by Gasteiger charge is 2.09. The van der Waals surface area contributed by atoms with Gasteiger partial charge in [0.15, 0.2) is 0 Å². The molecule has 0 atom stereocenters. The van der Waals surface area contributed by atoms with Gasteiger partial charge in [0.2, 0.25) is 0 Å². The van der Waals surface area contributed by atoms with Crippen molar-refractivity contribution >= 4 is 18.0 Å². The Labute approximate surface area is 188 Å². The number of nitrogens with zero attached hydrogens (tertiary/aromatic N) is 2. The topological polar surface area (TPSA) is 129 Å². The lowest BCUT2D eigenvalue weighted by Crippen LogP contribution is -2.47. The van der Waals surface area contributed by atoms with Crippen LogP contribution in [-0.4, -0.2) is 55.3 Å². The van der Waals surface area contributed by atoms with E-state index in [9.17, 15) is 14.4 Å². The first-order valence-corrected chi connectivity index (χ1v) is 10.1. The van der Waals surface area contributed by atoms with Crippen LogP contribution in [0.4, 0.5) is 9.59 Å². The third-order valence-corrected chi connectivity index (χ3v) is 3.96. The van der Waals surface area contributed by atoms with Crippen molar-refractivity contribution in [3.63, 3.8) is 0 Å². The molecule has 5 N–H and O–H groups in total. The second kappa shape index (κ2) is 15.2. The first-order chi connectivity index (χ1) is 15.3. The molecule has 0 fully saturated rings. The number of hydrazine groups is 2. The Bertz CT molecular complexity index is 818. The summed E-state index contributed by atoms with van der Waals surface area (Å²) in [5.74, 6) is 4.82. The predicted molar refractivity (Wildman–Crippen MR) is 122 cm³/mol. The van der Waals surface area contributed by atoms with Gasteiger partial charge in [0, 0.05) is 27.2 Å². The summed E-state index contributed by atoms with van der Waals surface area (Å²) in [5, 5.41) is 7.63. The molecule has 10 nitrogen and oxygen atoms in total. The summed E-state index contributed by atoms with van der Waals surface area (Å²) < 4.78 is 4.74. The van der Waals surface area contributed by atoms with Gasteiger partial charge in [-0.15, -0.1) is 0 Å². The zero-order valence-corrected chi connectivity index (χ0v) is 18.7. The number of amides is 4. The number of benzene rings is 2. The number of nitrogens with one attached hydrogen (secondary N) is 3. The van der Waals surface area contributed by atoms with Crippen LogP contribution in [0.3, 0.4) is 0 Å². The maximum Gasteiger partial charge on any atom is 0.331 e. The van der Waals surface area contributed by atoms with Crippen molar-refractivity contribution in [2.24, 2.45) is 5.84 Å². The standard InChI is InChI=1S/C13H19N3O3.C9H13N3O/c1-3-19-12(17)10-15-16(2)13(18)14-9-11-7-5-4-6-8-11;1-12(10)9(13)11-7-8-5-3-2-4-6-8/h4-8,15H,3,9-10H2,1-2H3,(H,14,18);2-6H,7,10H2,1H3,(H,11,13). The van der Waals surface area contributed by atoms with Crippen LogP contribution in [0.1, 0.15) is 18.1 Å². The van der Waals surface area contributed by atoms with Gasteiger partial charge in [0.1, 0.15) is 6.54 Å². The second-order valence-corrected chi connectivity index (χ2v) is 6.60. The van der Waals surface area contributed by atoms with Crippen LogP contribution in [0, 0.1) is 0 Å². The van der Waals surface area contributed by atoms with Crippen LogP contribution in [0.15, 0.2) is 60.7 Å². The number of nitrogens with two attached hydrogens (primary N) is 1. The molecule has 2 aromatic rings. The van der Waals surface area contributed by atoms with E-state index >= 15 is 0 Å². The molecule has 0 heterocycles. The molecule has 32 heavy (non-hydrogen) atoms. The van der Waals surface area contributed by atoms with E-state index in [0.29, 0.717) is 19.7 Å². The molecule has 0 spiro atoms. The summed E-state index contributed by atoms with van der Waals surface area (Å²) in [6, 6.07) is 18.6. The largest absolute Gasteiger partial charge is 0.465 e. The smallest absolute Gasteiger partial charge is 0.331 e. The number of rotatable bonds is 8. The molecule has 0 unspecified atom stereocenters. The maximum atomic E-state index is 11.7. The number of esters is 1. The Hall–Kier alpha value is -3.63. The zero-order chi connectivity index (χ0) is 23.8. The molecule has 0 aliphatic carbocycles. The fourth-order valence-corrected chi connectivity index (χ4v) is 2.26. The van der Waals surface area contributed by atoms with Crippen molar-refractivity contribution in [2.45, 2.75) is 20.0 Å². The minimum atomic E-state index is -0.398. The van der Waals surface area contributed by atoms with Gasteiger partial charge in [0.05, 0.1) is 6.61 Å². The van der Waals surface area contributed by atoms with Gasteiger partial charge in [0.25, 0.3) is 0 Å². The van der Waals surface area contributed by atoms with E-state index in [4.69, 9.17) is 10.6 Å². The molecule has 0 bridgehead atoms. The first kappa shape index (κ1) is 26.4. The van der Waals surface area contributed by atoms with E-state index in [1.807, 2.05) is 60.7 Å². The molecule has 174 valence electrons. The monoisotopic (exact) mass is 444 g/mol. The average Bonchev–Trinajstić information content (AvgIpc) is 2.81. The van der Waals surface area contributed by atoms with Crippen molar-refractivity contribution in [1.82, 2.24) is 26.1 Å². The summed E-state index contributed by atoms with van der Waals surface area (Å²) in [6.45, 7) is 2.95. The van der Waals surface area contributed by atoms with Crippen LogP contribution >= 0.6 is 0 Å². The van der Waals surface area contributed by atoms with Crippen LogP contribution in [0.2, 0.25) is 0 Å². The summed E-state index contributed by atoms with van der Waals surface area (Å²) >= 11 is 0. The lowest BCUT2D eigenvalue weighted by atomic mass is 10.2. The number of carbonyl (C=O) groups is 3. The van der Waals surface area contributed by atoms with Crippen molar-refractivity contribution in [3.8, 4) is 0 Å². The molecule has 0 radical (unpaired) electrons. The average molecular weight is 445 g/mol. The summed E-state index contributed by atoms with van der Waals surface area (Å²) in [6.07, 6.45) is 0. The molecule has 2 rings (SSSR count). The third-order valence-electron chi connectivity index (χ3n) is 3.96. The van der Waals surface area contributed by atoms with Gasteiger partial charge in [-0.2, -0.15) is 0 Å². The van der Waals surface area contributed by atoms with Gasteiger partial charge in [-0.05, 0) is 18.1 Å². The predicted octanol–water partition coefficient (Wildman–Crippen LogP) is 1.60. The highest BCUT2D eigenvalue weighted by atomic mass is 16.5. The lowest BCUT2D eigenvalue weighted by Gasteiger charge is -2.18. The van der Waals surface area contributed by atoms with Gasteiger partial charge in [-0.25, -0.2) is 20.9 Å². The Morgan fingerprint density at radius 3 is 1.75 bits per heavy atom. The molecule has 10 heteroatoms. The van der Waals surface area contributed by atoms with Gasteiger partial charge in [-0.3, -0.25) is 14.8 Å². The van der Waals surface area contributed by atoms with Crippen LogP contribution in [0.5, 0.6) is 0 Å². The minimum absolute atomic E-state index is 0.0386. The SMILES string of the molecule is CCOC(=O)CNN(C)C(=O)NCc1ccccc1.CN(N)C(=O)NCc1ccccc1. The van der Waals surface area contributed by atoms with Gasteiger partial charge < -0.3 is 15.4 Å². The molecule has 2 aromatic carbocycles. The fraction of sp³-hybridized carbons (Fsp3) is 0.318. The molecule has 0 aliphatic rings. The molecule has 4 amide bonds. The number of hydrogen-bond donors (Lipinski definition) is 4. The Morgan fingerprint density at radius 1 is 0.844 bits per heavy atom. The number of hydrogen-bond acceptors (Lipinski definition) is 6. The number of urea groups is 2. The second-order valence-electron chi connectivity index (χ2n) is 6.60. The molecular formula is C22H32N6O4. The normalized spacial score (nSPS) is 9.62. The Morgan fingerprint density at radius 2 is 1.31 bits per heavy atom. The van der Waals surface area contributed by atoms with E-state index in [1.54, 1.807) is 14.0 Å². The van der Waals surface area contributed by atoms with Crippen molar-refractivity contribution in [3.05, 3.63) is 71.8 Å². The van der Waals surface area contributed by atoms with Crippen LogP contribution < -0.4 is 21.9 Å². The van der Waals surface area contributed by atoms with E-state index in [2.05, 4.69) is 16.1 Å². The summed E-state index contributed by atoms with van der Waals surface area (Å²) in [4.78, 5) is 33.8. The molecular weight excluding hydrogens is 412 g/mol. The molecule has 0 aliphatic heterocycles. The molecule has 0 saturated heterocycles. The minimum Gasteiger partial charge on any atom is -0.465 e. The number of ether oxygens (including phenoxy) is 1. The maximum absolute atomic E-state index is 11.7. The van der Waals surface area contributed by atoms with E-state index in [0.717, 1.165) is 16.1 Å².